The standard InChI is InChI=1S/C8H20N2/c1-4-5-6-10-7-8(2)9-3/h8-10H,4-7H2,1-3H3. The first-order valence-corrected chi connectivity index (χ1v) is 4.19. The van der Waals surface area contributed by atoms with E-state index in [4.69, 9.17) is 0 Å². The minimum atomic E-state index is 0.594. The van der Waals surface area contributed by atoms with Crippen LogP contribution in [0.15, 0.2) is 0 Å². The van der Waals surface area contributed by atoms with Gasteiger partial charge in [-0.1, -0.05) is 13.3 Å². The molecule has 0 radical (unpaired) electrons. The molecule has 2 heteroatoms. The Morgan fingerprint density at radius 2 is 2.10 bits per heavy atom. The smallest absolute Gasteiger partial charge is 0.0161 e. The molecule has 0 aliphatic rings. The first kappa shape index (κ1) is 9.92. The minimum Gasteiger partial charge on any atom is -0.316 e. The van der Waals surface area contributed by atoms with Crippen LogP contribution in [0.5, 0.6) is 0 Å². The zero-order valence-electron chi connectivity index (χ0n) is 7.41. The Morgan fingerprint density at radius 3 is 2.60 bits per heavy atom. The number of hydrogen-bond acceptors (Lipinski definition) is 2. The SMILES string of the molecule is CCCCNCC(C)NC. The Labute approximate surface area is 64.4 Å². The topological polar surface area (TPSA) is 24.1 Å². The van der Waals surface area contributed by atoms with Crippen LogP contribution in [0, 0.1) is 0 Å². The van der Waals surface area contributed by atoms with Gasteiger partial charge >= 0.3 is 0 Å². The Hall–Kier alpha value is -0.0800. The maximum absolute atomic E-state index is 3.37. The molecule has 0 amide bonds. The Bertz CT molecular complexity index is 64.3. The van der Waals surface area contributed by atoms with E-state index in [9.17, 15) is 0 Å². The number of likely N-dealkylation sites (N-methyl/N-ethyl adjacent to an activating group) is 1. The van der Waals surface area contributed by atoms with Crippen LogP contribution in [0.25, 0.3) is 0 Å². The summed E-state index contributed by atoms with van der Waals surface area (Å²) in [6.45, 7) is 6.63. The fourth-order valence-corrected chi connectivity index (χ4v) is 0.722. The Balaban J connectivity index is 2.89. The van der Waals surface area contributed by atoms with Gasteiger partial charge in [-0.15, -0.1) is 0 Å². The van der Waals surface area contributed by atoms with Gasteiger partial charge in [0.2, 0.25) is 0 Å². The highest BCUT2D eigenvalue weighted by atomic mass is 14.9. The molecule has 10 heavy (non-hydrogen) atoms. The third-order valence-electron chi connectivity index (χ3n) is 1.65. The highest BCUT2D eigenvalue weighted by molar-refractivity contribution is 4.59. The van der Waals surface area contributed by atoms with Gasteiger partial charge in [-0.05, 0) is 26.9 Å². The van der Waals surface area contributed by atoms with Crippen LogP contribution < -0.4 is 10.6 Å². The molecule has 0 aliphatic carbocycles. The van der Waals surface area contributed by atoms with E-state index < -0.39 is 0 Å². The summed E-state index contributed by atoms with van der Waals surface area (Å²) in [5, 5.41) is 6.55. The van der Waals surface area contributed by atoms with E-state index in [-0.39, 0.29) is 0 Å². The van der Waals surface area contributed by atoms with Gasteiger partial charge < -0.3 is 10.6 Å². The summed E-state index contributed by atoms with van der Waals surface area (Å²) in [5.74, 6) is 0. The molecule has 0 saturated heterocycles. The molecule has 0 saturated carbocycles. The summed E-state index contributed by atoms with van der Waals surface area (Å²) >= 11 is 0. The summed E-state index contributed by atoms with van der Waals surface area (Å²) in [4.78, 5) is 0. The van der Waals surface area contributed by atoms with Gasteiger partial charge in [-0.25, -0.2) is 0 Å². The van der Waals surface area contributed by atoms with Crippen LogP contribution in [0.2, 0.25) is 0 Å². The molecular formula is C8H20N2. The molecule has 0 fully saturated rings. The summed E-state index contributed by atoms with van der Waals surface area (Å²) in [6, 6.07) is 0.594. The fourth-order valence-electron chi connectivity index (χ4n) is 0.722. The second-order valence-corrected chi connectivity index (χ2v) is 2.75. The molecule has 0 aromatic carbocycles. The highest BCUT2D eigenvalue weighted by Crippen LogP contribution is 1.82. The average Bonchev–Trinajstić information content (AvgIpc) is 1.98. The number of rotatable bonds is 6. The average molecular weight is 144 g/mol. The van der Waals surface area contributed by atoms with Crippen molar-refractivity contribution in [3.8, 4) is 0 Å². The van der Waals surface area contributed by atoms with Gasteiger partial charge in [0.05, 0.1) is 0 Å². The van der Waals surface area contributed by atoms with E-state index >= 15 is 0 Å². The van der Waals surface area contributed by atoms with E-state index in [0.717, 1.165) is 13.1 Å². The lowest BCUT2D eigenvalue weighted by Gasteiger charge is -2.10. The van der Waals surface area contributed by atoms with Crippen molar-refractivity contribution < 1.29 is 0 Å². The molecule has 0 aliphatic heterocycles. The van der Waals surface area contributed by atoms with Crippen molar-refractivity contribution in [1.29, 1.82) is 0 Å². The molecule has 62 valence electrons. The van der Waals surface area contributed by atoms with E-state index in [1.807, 2.05) is 7.05 Å². The van der Waals surface area contributed by atoms with Gasteiger partial charge in [-0.3, -0.25) is 0 Å². The largest absolute Gasteiger partial charge is 0.316 e. The summed E-state index contributed by atoms with van der Waals surface area (Å²) in [6.07, 6.45) is 2.57. The van der Waals surface area contributed by atoms with Gasteiger partial charge in [0.1, 0.15) is 0 Å². The summed E-state index contributed by atoms with van der Waals surface area (Å²) in [7, 11) is 1.99. The normalized spacial score (nSPS) is 13.5. The third kappa shape index (κ3) is 6.05. The Kier molecular flexibility index (Phi) is 6.98. The molecule has 0 rings (SSSR count). The lowest BCUT2D eigenvalue weighted by atomic mass is 10.3. The highest BCUT2D eigenvalue weighted by Gasteiger charge is 1.94. The van der Waals surface area contributed by atoms with Gasteiger partial charge in [0, 0.05) is 12.6 Å². The number of hydrogen-bond donors (Lipinski definition) is 2. The Morgan fingerprint density at radius 1 is 1.40 bits per heavy atom. The maximum atomic E-state index is 3.37. The van der Waals surface area contributed by atoms with Crippen LogP contribution in [0.4, 0.5) is 0 Å². The summed E-state index contributed by atoms with van der Waals surface area (Å²) < 4.78 is 0. The van der Waals surface area contributed by atoms with Gasteiger partial charge in [0.25, 0.3) is 0 Å². The monoisotopic (exact) mass is 144 g/mol. The zero-order chi connectivity index (χ0) is 7.82. The molecule has 0 aromatic rings. The van der Waals surface area contributed by atoms with E-state index in [0.29, 0.717) is 6.04 Å². The van der Waals surface area contributed by atoms with Crippen molar-refractivity contribution in [2.75, 3.05) is 20.1 Å². The molecule has 1 unspecified atom stereocenters. The van der Waals surface area contributed by atoms with Crippen LogP contribution in [0.1, 0.15) is 26.7 Å². The van der Waals surface area contributed by atoms with Gasteiger partial charge in [-0.2, -0.15) is 0 Å². The first-order valence-electron chi connectivity index (χ1n) is 4.19. The molecule has 0 bridgehead atoms. The van der Waals surface area contributed by atoms with Crippen LogP contribution in [-0.4, -0.2) is 26.2 Å². The zero-order valence-corrected chi connectivity index (χ0v) is 7.41. The molecule has 0 aromatic heterocycles. The summed E-state index contributed by atoms with van der Waals surface area (Å²) in [5.41, 5.74) is 0. The van der Waals surface area contributed by atoms with Crippen molar-refractivity contribution in [2.24, 2.45) is 0 Å². The predicted octanol–water partition coefficient (Wildman–Crippen LogP) is 0.984. The van der Waals surface area contributed by atoms with E-state index in [1.165, 1.54) is 12.8 Å². The first-order chi connectivity index (χ1) is 4.81. The lowest BCUT2D eigenvalue weighted by Crippen LogP contribution is -2.34. The third-order valence-corrected chi connectivity index (χ3v) is 1.65. The van der Waals surface area contributed by atoms with Crippen molar-refractivity contribution in [3.05, 3.63) is 0 Å². The molecule has 2 N–H and O–H groups in total. The maximum Gasteiger partial charge on any atom is 0.0161 e. The van der Waals surface area contributed by atoms with Crippen molar-refractivity contribution in [2.45, 2.75) is 32.7 Å². The van der Waals surface area contributed by atoms with E-state index in [2.05, 4.69) is 24.5 Å². The number of nitrogens with one attached hydrogen (secondary N) is 2. The van der Waals surface area contributed by atoms with Crippen LogP contribution in [0.3, 0.4) is 0 Å². The molecule has 1 atom stereocenters. The van der Waals surface area contributed by atoms with Crippen molar-refractivity contribution >= 4 is 0 Å². The van der Waals surface area contributed by atoms with Crippen molar-refractivity contribution in [3.63, 3.8) is 0 Å². The van der Waals surface area contributed by atoms with Crippen LogP contribution >= 0.6 is 0 Å². The second kappa shape index (κ2) is 7.03. The van der Waals surface area contributed by atoms with Crippen molar-refractivity contribution in [1.82, 2.24) is 10.6 Å². The quantitative estimate of drug-likeness (QED) is 0.543. The number of unbranched alkanes of at least 4 members (excludes halogenated alkanes) is 1. The predicted molar refractivity (Wildman–Crippen MR) is 46.3 cm³/mol. The van der Waals surface area contributed by atoms with E-state index in [1.54, 1.807) is 0 Å². The fraction of sp³-hybridized carbons (Fsp3) is 1.00. The lowest BCUT2D eigenvalue weighted by molar-refractivity contribution is 0.532. The molecule has 0 heterocycles. The van der Waals surface area contributed by atoms with Gasteiger partial charge in [0.15, 0.2) is 0 Å². The minimum absolute atomic E-state index is 0.594. The second-order valence-electron chi connectivity index (χ2n) is 2.75. The molecular weight excluding hydrogens is 124 g/mol. The van der Waals surface area contributed by atoms with Crippen LogP contribution in [-0.2, 0) is 0 Å². The molecule has 0 spiro atoms. The molecule has 2 nitrogen and oxygen atoms in total.